The Morgan fingerprint density at radius 2 is 1.61 bits per heavy atom. The van der Waals surface area contributed by atoms with Gasteiger partial charge in [-0.05, 0) is 50.6 Å². The minimum atomic E-state index is 0.719. The van der Waals surface area contributed by atoms with E-state index in [9.17, 15) is 0 Å². The zero-order chi connectivity index (χ0) is 13.0. The lowest BCUT2D eigenvalue weighted by Gasteiger charge is -2.40. The van der Waals surface area contributed by atoms with Gasteiger partial charge in [0.2, 0.25) is 0 Å². The molecule has 0 radical (unpaired) electrons. The van der Waals surface area contributed by atoms with Gasteiger partial charge in [0.15, 0.2) is 0 Å². The van der Waals surface area contributed by atoms with E-state index in [0.717, 1.165) is 37.0 Å². The van der Waals surface area contributed by atoms with Crippen LogP contribution < -0.4 is 5.32 Å². The molecule has 0 amide bonds. The summed E-state index contributed by atoms with van der Waals surface area (Å²) in [5.74, 6) is 2.37. The maximum Gasteiger partial charge on any atom is 0.0469 e. The van der Waals surface area contributed by atoms with Gasteiger partial charge in [0.25, 0.3) is 0 Å². The molecule has 2 aliphatic heterocycles. The van der Waals surface area contributed by atoms with E-state index in [1.807, 2.05) is 0 Å². The number of rotatable bonds is 2. The van der Waals surface area contributed by atoms with Crippen LogP contribution in [0.4, 0.5) is 0 Å². The van der Waals surface area contributed by atoms with Crippen LogP contribution in [0.2, 0.25) is 0 Å². The van der Waals surface area contributed by atoms with Crippen molar-refractivity contribution in [2.45, 2.75) is 39.7 Å². The second-order valence-corrected chi connectivity index (χ2v) is 6.51. The van der Waals surface area contributed by atoms with Gasteiger partial charge in [-0.3, -0.25) is 4.90 Å². The van der Waals surface area contributed by atoms with Gasteiger partial charge in [-0.25, -0.2) is 0 Å². The second-order valence-electron chi connectivity index (χ2n) is 6.51. The van der Waals surface area contributed by atoms with Crippen molar-refractivity contribution in [3.8, 4) is 0 Å². The lowest BCUT2D eigenvalue weighted by Crippen LogP contribution is -2.49. The number of ether oxygens (including phenoxy) is 1. The molecule has 2 fully saturated rings. The SMILES string of the molecule is CC1CNCC(C)CN(C(C)C2CCOCC2)C1. The molecule has 18 heavy (non-hydrogen) atoms. The van der Waals surface area contributed by atoms with E-state index in [1.54, 1.807) is 0 Å². The first kappa shape index (κ1) is 14.3. The highest BCUT2D eigenvalue weighted by atomic mass is 16.5. The highest BCUT2D eigenvalue weighted by Gasteiger charge is 2.28. The number of nitrogens with zero attached hydrogens (tertiary/aromatic N) is 1. The van der Waals surface area contributed by atoms with E-state index in [2.05, 4.69) is 31.0 Å². The van der Waals surface area contributed by atoms with Crippen molar-refractivity contribution < 1.29 is 4.74 Å². The molecule has 0 aromatic rings. The minimum Gasteiger partial charge on any atom is -0.381 e. The van der Waals surface area contributed by atoms with Crippen molar-refractivity contribution in [2.24, 2.45) is 17.8 Å². The smallest absolute Gasteiger partial charge is 0.0469 e. The van der Waals surface area contributed by atoms with Gasteiger partial charge in [0.1, 0.15) is 0 Å². The van der Waals surface area contributed by atoms with E-state index in [4.69, 9.17) is 4.74 Å². The number of nitrogens with one attached hydrogen (secondary N) is 1. The van der Waals surface area contributed by atoms with Crippen LogP contribution >= 0.6 is 0 Å². The fourth-order valence-corrected chi connectivity index (χ4v) is 3.41. The van der Waals surface area contributed by atoms with E-state index < -0.39 is 0 Å². The molecule has 0 aliphatic carbocycles. The zero-order valence-corrected chi connectivity index (χ0v) is 12.3. The summed E-state index contributed by atoms with van der Waals surface area (Å²) < 4.78 is 5.50. The summed E-state index contributed by atoms with van der Waals surface area (Å²) >= 11 is 0. The quantitative estimate of drug-likeness (QED) is 0.815. The Bertz CT molecular complexity index is 229. The lowest BCUT2D eigenvalue weighted by atomic mass is 9.90. The topological polar surface area (TPSA) is 24.5 Å². The van der Waals surface area contributed by atoms with Gasteiger partial charge >= 0.3 is 0 Å². The maximum atomic E-state index is 5.50. The third-order valence-corrected chi connectivity index (χ3v) is 4.60. The summed E-state index contributed by atoms with van der Waals surface area (Å²) in [5.41, 5.74) is 0. The van der Waals surface area contributed by atoms with Crippen LogP contribution in [0.25, 0.3) is 0 Å². The molecule has 2 saturated heterocycles. The van der Waals surface area contributed by atoms with Gasteiger partial charge in [-0.1, -0.05) is 13.8 Å². The van der Waals surface area contributed by atoms with Crippen molar-refractivity contribution >= 4 is 0 Å². The molecule has 0 spiro atoms. The Balaban J connectivity index is 1.93. The molecular weight excluding hydrogens is 224 g/mol. The van der Waals surface area contributed by atoms with E-state index >= 15 is 0 Å². The summed E-state index contributed by atoms with van der Waals surface area (Å²) in [6, 6.07) is 0.719. The van der Waals surface area contributed by atoms with Gasteiger partial charge in [0, 0.05) is 32.3 Å². The number of hydrogen-bond acceptors (Lipinski definition) is 3. The predicted octanol–water partition coefficient (Wildman–Crippen LogP) is 1.98. The first-order valence-corrected chi connectivity index (χ1v) is 7.69. The molecule has 3 unspecified atom stereocenters. The van der Waals surface area contributed by atoms with Crippen LogP contribution in [-0.2, 0) is 4.74 Å². The zero-order valence-electron chi connectivity index (χ0n) is 12.3. The molecule has 3 heteroatoms. The second kappa shape index (κ2) is 6.88. The Kier molecular flexibility index (Phi) is 5.46. The van der Waals surface area contributed by atoms with Crippen molar-refractivity contribution in [3.05, 3.63) is 0 Å². The lowest BCUT2D eigenvalue weighted by molar-refractivity contribution is 0.0208. The van der Waals surface area contributed by atoms with Crippen LogP contribution in [0.5, 0.6) is 0 Å². The van der Waals surface area contributed by atoms with Gasteiger partial charge in [-0.15, -0.1) is 0 Å². The fraction of sp³-hybridized carbons (Fsp3) is 1.00. The molecule has 2 heterocycles. The summed E-state index contributed by atoms with van der Waals surface area (Å²) in [6.45, 7) is 13.9. The van der Waals surface area contributed by atoms with Crippen LogP contribution in [0.3, 0.4) is 0 Å². The van der Waals surface area contributed by atoms with Gasteiger partial charge in [-0.2, -0.15) is 0 Å². The summed E-state index contributed by atoms with van der Waals surface area (Å²) in [4.78, 5) is 2.74. The highest BCUT2D eigenvalue weighted by molar-refractivity contribution is 4.82. The molecule has 0 bridgehead atoms. The molecule has 0 aromatic carbocycles. The molecule has 3 nitrogen and oxygen atoms in total. The molecule has 106 valence electrons. The maximum absolute atomic E-state index is 5.50. The molecule has 2 rings (SSSR count). The summed E-state index contributed by atoms with van der Waals surface area (Å²) in [5, 5.41) is 3.58. The van der Waals surface area contributed by atoms with Crippen LogP contribution in [0.1, 0.15) is 33.6 Å². The average Bonchev–Trinajstić information content (AvgIpc) is 2.36. The Morgan fingerprint density at radius 3 is 2.17 bits per heavy atom. The third kappa shape index (κ3) is 3.94. The molecule has 1 N–H and O–H groups in total. The van der Waals surface area contributed by atoms with E-state index in [1.165, 1.54) is 39.0 Å². The largest absolute Gasteiger partial charge is 0.381 e. The Morgan fingerprint density at radius 1 is 1.06 bits per heavy atom. The molecule has 0 aromatic heterocycles. The Labute approximate surface area is 112 Å². The Hall–Kier alpha value is -0.120. The van der Waals surface area contributed by atoms with Crippen LogP contribution in [0.15, 0.2) is 0 Å². The van der Waals surface area contributed by atoms with Crippen molar-refractivity contribution in [3.63, 3.8) is 0 Å². The molecule has 3 atom stereocenters. The molecule has 2 aliphatic rings. The van der Waals surface area contributed by atoms with Crippen LogP contribution in [-0.4, -0.2) is 50.3 Å². The predicted molar refractivity (Wildman–Crippen MR) is 75.8 cm³/mol. The normalized spacial score (nSPS) is 34.8. The van der Waals surface area contributed by atoms with Gasteiger partial charge < -0.3 is 10.1 Å². The summed E-state index contributed by atoms with van der Waals surface area (Å²) in [6.07, 6.45) is 2.50. The minimum absolute atomic E-state index is 0.719. The summed E-state index contributed by atoms with van der Waals surface area (Å²) in [7, 11) is 0. The monoisotopic (exact) mass is 254 g/mol. The van der Waals surface area contributed by atoms with E-state index in [-0.39, 0.29) is 0 Å². The van der Waals surface area contributed by atoms with E-state index in [0.29, 0.717) is 0 Å². The van der Waals surface area contributed by atoms with Gasteiger partial charge in [0.05, 0.1) is 0 Å². The average molecular weight is 254 g/mol. The van der Waals surface area contributed by atoms with Crippen molar-refractivity contribution in [1.82, 2.24) is 10.2 Å². The highest BCUT2D eigenvalue weighted by Crippen LogP contribution is 2.24. The standard InChI is InChI=1S/C15H30N2O/c1-12-8-16-9-13(2)11-17(10-12)14(3)15-4-6-18-7-5-15/h12-16H,4-11H2,1-3H3. The fourth-order valence-electron chi connectivity index (χ4n) is 3.41. The number of hydrogen-bond donors (Lipinski definition) is 1. The van der Waals surface area contributed by atoms with Crippen molar-refractivity contribution in [2.75, 3.05) is 39.4 Å². The van der Waals surface area contributed by atoms with Crippen molar-refractivity contribution in [1.29, 1.82) is 0 Å². The first-order valence-electron chi connectivity index (χ1n) is 7.69. The first-order chi connectivity index (χ1) is 8.66. The van der Waals surface area contributed by atoms with Crippen LogP contribution in [0, 0.1) is 17.8 Å². The molecule has 0 saturated carbocycles. The third-order valence-electron chi connectivity index (χ3n) is 4.60. The molecular formula is C15H30N2O.